The molecule has 4 heteroatoms. The van der Waals surface area contributed by atoms with Crippen molar-refractivity contribution in [3.8, 4) is 11.1 Å². The van der Waals surface area contributed by atoms with Crippen LogP contribution in [0.2, 0.25) is 0 Å². The lowest BCUT2D eigenvalue weighted by atomic mass is 9.91. The lowest BCUT2D eigenvalue weighted by Crippen LogP contribution is -2.30. The third kappa shape index (κ3) is 3.06. The van der Waals surface area contributed by atoms with Crippen molar-refractivity contribution in [1.82, 2.24) is 9.88 Å². The second kappa shape index (κ2) is 7.33. The summed E-state index contributed by atoms with van der Waals surface area (Å²) in [5.74, 6) is 0. The van der Waals surface area contributed by atoms with Crippen LogP contribution in [0.15, 0.2) is 36.5 Å². The van der Waals surface area contributed by atoms with E-state index in [-0.39, 0.29) is 0 Å². The van der Waals surface area contributed by atoms with Crippen molar-refractivity contribution in [2.75, 3.05) is 12.8 Å². The largest absolute Gasteiger partial charge is 0.398 e. The molecule has 0 saturated heterocycles. The van der Waals surface area contributed by atoms with Gasteiger partial charge < -0.3 is 15.6 Å². The molecule has 4 rings (SSSR count). The van der Waals surface area contributed by atoms with E-state index in [2.05, 4.69) is 53.1 Å². The van der Waals surface area contributed by atoms with Gasteiger partial charge in [-0.2, -0.15) is 0 Å². The predicted molar refractivity (Wildman–Crippen MR) is 118 cm³/mol. The Bertz CT molecular complexity index is 1060. The van der Waals surface area contributed by atoms with Gasteiger partial charge in [0.1, 0.15) is 0 Å². The maximum absolute atomic E-state index is 7.55. The van der Waals surface area contributed by atoms with Gasteiger partial charge in [-0.3, -0.25) is 0 Å². The Hall–Kier alpha value is -2.77. The first-order valence-electron chi connectivity index (χ1n) is 10.1. The molecule has 3 N–H and O–H groups in total. The van der Waals surface area contributed by atoms with E-state index in [1.165, 1.54) is 36.8 Å². The van der Waals surface area contributed by atoms with Crippen LogP contribution in [0, 0.1) is 20.4 Å². The van der Waals surface area contributed by atoms with Crippen LogP contribution in [0.1, 0.15) is 42.9 Å². The Morgan fingerprint density at radius 3 is 2.54 bits per heavy atom. The van der Waals surface area contributed by atoms with Crippen molar-refractivity contribution in [1.29, 1.82) is 0 Å². The molecule has 1 heterocycles. The summed E-state index contributed by atoms with van der Waals surface area (Å²) < 4.78 is 2.46. The van der Waals surface area contributed by atoms with Gasteiger partial charge in [0.15, 0.2) is 5.69 Å². The van der Waals surface area contributed by atoms with Gasteiger partial charge in [-0.1, -0.05) is 12.1 Å². The molecule has 0 atom stereocenters. The Kier molecular flexibility index (Phi) is 4.87. The number of nitrogens with one attached hydrogen (secondary N) is 1. The summed E-state index contributed by atoms with van der Waals surface area (Å²) in [4.78, 5) is 3.75. The van der Waals surface area contributed by atoms with E-state index in [0.717, 1.165) is 33.5 Å². The van der Waals surface area contributed by atoms with E-state index in [1.807, 2.05) is 19.1 Å². The van der Waals surface area contributed by atoms with Crippen molar-refractivity contribution in [2.24, 2.45) is 0 Å². The summed E-state index contributed by atoms with van der Waals surface area (Å²) in [5, 5.41) is 4.58. The summed E-state index contributed by atoms with van der Waals surface area (Å²) in [5.41, 5.74) is 13.5. The first-order chi connectivity index (χ1) is 13.5. The number of rotatable bonds is 3. The molecular weight excluding hydrogens is 344 g/mol. The fraction of sp³-hybridized carbons (Fsp3) is 0.375. The van der Waals surface area contributed by atoms with E-state index in [9.17, 15) is 0 Å². The van der Waals surface area contributed by atoms with Crippen LogP contribution >= 0.6 is 0 Å². The highest BCUT2D eigenvalue weighted by molar-refractivity contribution is 6.00. The molecule has 3 aromatic rings. The quantitative estimate of drug-likeness (QED) is 0.453. The predicted octanol–water partition coefficient (Wildman–Crippen LogP) is 5.76. The number of benzene rings is 2. The first-order valence-corrected chi connectivity index (χ1v) is 10.1. The SMILES string of the molecule is [C-]#[N+]c1cc2c(-c3cccc(N)c3C)cn(C3CCC(NC)CC3)c2cc1C. The van der Waals surface area contributed by atoms with Gasteiger partial charge in [0.05, 0.1) is 6.57 Å². The maximum Gasteiger partial charge on any atom is 0.190 e. The zero-order valence-corrected chi connectivity index (χ0v) is 16.9. The summed E-state index contributed by atoms with van der Waals surface area (Å²) in [7, 11) is 2.06. The van der Waals surface area contributed by atoms with Gasteiger partial charge in [-0.05, 0) is 86.9 Å². The molecule has 1 aliphatic rings. The lowest BCUT2D eigenvalue weighted by Gasteiger charge is -2.30. The van der Waals surface area contributed by atoms with Crippen LogP contribution < -0.4 is 11.1 Å². The van der Waals surface area contributed by atoms with Crippen molar-refractivity contribution in [3.05, 3.63) is 59.1 Å². The van der Waals surface area contributed by atoms with Crippen LogP contribution in [-0.4, -0.2) is 17.7 Å². The van der Waals surface area contributed by atoms with Gasteiger partial charge in [0, 0.05) is 35.0 Å². The molecule has 0 aliphatic heterocycles. The van der Waals surface area contributed by atoms with Gasteiger partial charge >= 0.3 is 0 Å². The minimum absolute atomic E-state index is 0.500. The molecule has 144 valence electrons. The van der Waals surface area contributed by atoms with Crippen LogP contribution in [0.3, 0.4) is 0 Å². The fourth-order valence-electron chi connectivity index (χ4n) is 4.61. The Morgan fingerprint density at radius 1 is 1.11 bits per heavy atom. The van der Waals surface area contributed by atoms with E-state index in [1.54, 1.807) is 0 Å². The van der Waals surface area contributed by atoms with E-state index in [4.69, 9.17) is 12.3 Å². The molecular formula is C24H28N4. The lowest BCUT2D eigenvalue weighted by molar-refractivity contribution is 0.305. The monoisotopic (exact) mass is 372 g/mol. The number of aryl methyl sites for hydroxylation is 1. The number of nitrogens with zero attached hydrogens (tertiary/aromatic N) is 2. The smallest absolute Gasteiger partial charge is 0.190 e. The molecule has 0 bridgehead atoms. The van der Waals surface area contributed by atoms with E-state index < -0.39 is 0 Å². The normalized spacial score (nSPS) is 19.6. The second-order valence-electron chi connectivity index (χ2n) is 8.03. The Labute approximate surface area is 167 Å². The van der Waals surface area contributed by atoms with Crippen LogP contribution in [0.4, 0.5) is 11.4 Å². The minimum atomic E-state index is 0.500. The highest BCUT2D eigenvalue weighted by Crippen LogP contribution is 2.41. The van der Waals surface area contributed by atoms with E-state index in [0.29, 0.717) is 12.1 Å². The third-order valence-electron chi connectivity index (χ3n) is 6.44. The molecule has 1 aromatic heterocycles. The zero-order chi connectivity index (χ0) is 19.8. The Morgan fingerprint density at radius 2 is 1.86 bits per heavy atom. The van der Waals surface area contributed by atoms with E-state index >= 15 is 0 Å². The molecule has 2 aromatic carbocycles. The van der Waals surface area contributed by atoms with Crippen molar-refractivity contribution in [2.45, 2.75) is 51.6 Å². The number of hydrogen-bond donors (Lipinski definition) is 2. The van der Waals surface area contributed by atoms with Crippen molar-refractivity contribution in [3.63, 3.8) is 0 Å². The molecule has 0 radical (unpaired) electrons. The summed E-state index contributed by atoms with van der Waals surface area (Å²) >= 11 is 0. The third-order valence-corrected chi connectivity index (χ3v) is 6.44. The van der Waals surface area contributed by atoms with Gasteiger partial charge in [0.25, 0.3) is 0 Å². The van der Waals surface area contributed by atoms with Gasteiger partial charge in [-0.25, -0.2) is 4.85 Å². The van der Waals surface area contributed by atoms with Gasteiger partial charge in [0.2, 0.25) is 0 Å². The van der Waals surface area contributed by atoms with Crippen LogP contribution in [0.5, 0.6) is 0 Å². The van der Waals surface area contributed by atoms with Gasteiger partial charge in [-0.15, -0.1) is 0 Å². The summed E-state index contributed by atoms with van der Waals surface area (Å²) in [6.07, 6.45) is 7.05. The fourth-order valence-corrected chi connectivity index (χ4v) is 4.61. The number of hydrogen-bond acceptors (Lipinski definition) is 2. The molecule has 1 aliphatic carbocycles. The maximum atomic E-state index is 7.55. The summed E-state index contributed by atoms with van der Waals surface area (Å²) in [6, 6.07) is 11.5. The Balaban J connectivity index is 1.91. The number of fused-ring (bicyclic) bond motifs is 1. The average Bonchev–Trinajstić information content (AvgIpc) is 3.07. The molecule has 1 fully saturated rings. The molecule has 0 spiro atoms. The highest BCUT2D eigenvalue weighted by atomic mass is 15.0. The van der Waals surface area contributed by atoms with Crippen molar-refractivity contribution < 1.29 is 0 Å². The second-order valence-corrected chi connectivity index (χ2v) is 8.03. The molecule has 0 amide bonds. The number of nitrogens with two attached hydrogens (primary N) is 1. The number of aromatic nitrogens is 1. The van der Waals surface area contributed by atoms with Crippen molar-refractivity contribution >= 4 is 22.3 Å². The van der Waals surface area contributed by atoms with Crippen LogP contribution in [0.25, 0.3) is 26.9 Å². The molecule has 1 saturated carbocycles. The summed E-state index contributed by atoms with van der Waals surface area (Å²) in [6.45, 7) is 11.7. The standard InChI is InChI=1S/C24H28N4/c1-15-12-24-20(13-23(15)27-4)21(19-6-5-7-22(25)16(19)2)14-28(24)18-10-8-17(26-3)9-11-18/h5-7,12-14,17-18,26H,8-11,25H2,1-3H3. The minimum Gasteiger partial charge on any atom is -0.398 e. The average molecular weight is 373 g/mol. The molecule has 4 nitrogen and oxygen atoms in total. The number of anilines is 1. The van der Waals surface area contributed by atoms with Crippen LogP contribution in [-0.2, 0) is 0 Å². The topological polar surface area (TPSA) is 47.3 Å². The highest BCUT2D eigenvalue weighted by Gasteiger charge is 2.24. The number of nitrogen functional groups attached to an aromatic ring is 1. The molecule has 0 unspecified atom stereocenters. The molecule has 28 heavy (non-hydrogen) atoms. The zero-order valence-electron chi connectivity index (χ0n) is 16.9. The first kappa shape index (κ1) is 18.6.